The lowest BCUT2D eigenvalue weighted by molar-refractivity contribution is -0.0504. The molecule has 0 bridgehead atoms. The number of hydrogen-bond acceptors (Lipinski definition) is 3. The topological polar surface area (TPSA) is 65.1 Å². The minimum atomic E-state index is -2.92. The Morgan fingerprint density at radius 2 is 1.76 bits per heavy atom. The molecule has 9 heteroatoms. The molecule has 0 atom stereocenters. The van der Waals surface area contributed by atoms with Crippen LogP contribution in [0, 0.1) is 0 Å². The van der Waals surface area contributed by atoms with Gasteiger partial charge in [0.2, 0.25) is 0 Å². The number of piperazine rings is 1. The number of carbonyl (C=O) groups excluding carboxylic acids is 2. The zero-order valence-corrected chi connectivity index (χ0v) is 14.2. The van der Waals surface area contributed by atoms with Gasteiger partial charge < -0.3 is 24.8 Å². The van der Waals surface area contributed by atoms with Crippen LogP contribution in [-0.2, 0) is 6.54 Å². The van der Waals surface area contributed by atoms with Crippen molar-refractivity contribution < 1.29 is 23.1 Å². The molecule has 1 N–H and O–H groups in total. The summed E-state index contributed by atoms with van der Waals surface area (Å²) in [6.45, 7) is -1.09. The van der Waals surface area contributed by atoms with E-state index in [1.165, 1.54) is 11.0 Å². The second-order valence-electron chi connectivity index (χ2n) is 5.80. The molecule has 2 rings (SSSR count). The Labute approximate surface area is 145 Å². The van der Waals surface area contributed by atoms with Gasteiger partial charge in [-0.05, 0) is 6.07 Å². The molecule has 7 nitrogen and oxygen atoms in total. The van der Waals surface area contributed by atoms with Crippen molar-refractivity contribution in [2.45, 2.75) is 13.2 Å². The van der Waals surface area contributed by atoms with E-state index in [2.05, 4.69) is 10.1 Å². The smallest absolute Gasteiger partial charge is 0.387 e. The van der Waals surface area contributed by atoms with Gasteiger partial charge in [0, 0.05) is 52.4 Å². The number of alkyl halides is 2. The van der Waals surface area contributed by atoms with Gasteiger partial charge in [-0.15, -0.1) is 0 Å². The number of ether oxygens (including phenoxy) is 1. The van der Waals surface area contributed by atoms with Gasteiger partial charge in [0.15, 0.2) is 0 Å². The lowest BCUT2D eigenvalue weighted by Gasteiger charge is -2.35. The Morgan fingerprint density at radius 1 is 1.16 bits per heavy atom. The fraction of sp³-hybridized carbons (Fsp3) is 0.500. The lowest BCUT2D eigenvalue weighted by Crippen LogP contribution is -2.54. The number of amides is 4. The first-order chi connectivity index (χ1) is 11.9. The second-order valence-corrected chi connectivity index (χ2v) is 5.80. The number of benzene rings is 1. The van der Waals surface area contributed by atoms with Gasteiger partial charge in [-0.1, -0.05) is 18.2 Å². The van der Waals surface area contributed by atoms with Crippen LogP contribution in [0.15, 0.2) is 24.3 Å². The van der Waals surface area contributed by atoms with Crippen molar-refractivity contribution in [3.05, 3.63) is 29.8 Å². The predicted octanol–water partition coefficient (Wildman–Crippen LogP) is 1.80. The van der Waals surface area contributed by atoms with Gasteiger partial charge in [-0.25, -0.2) is 9.59 Å². The number of rotatable bonds is 4. The van der Waals surface area contributed by atoms with E-state index < -0.39 is 6.61 Å². The highest BCUT2D eigenvalue weighted by Gasteiger charge is 2.24. The molecular formula is C16H22F2N4O3. The predicted molar refractivity (Wildman–Crippen MR) is 87.5 cm³/mol. The summed E-state index contributed by atoms with van der Waals surface area (Å²) in [5, 5.41) is 2.70. The first-order valence-corrected chi connectivity index (χ1v) is 7.90. The van der Waals surface area contributed by atoms with Crippen LogP contribution < -0.4 is 10.1 Å². The third kappa shape index (κ3) is 5.20. The van der Waals surface area contributed by atoms with Gasteiger partial charge in [-0.2, -0.15) is 8.78 Å². The molecule has 1 aromatic rings. The SMILES string of the molecule is CN(C)C(=O)N1CCN(C(=O)NCc2ccccc2OC(F)F)CC1. The van der Waals surface area contributed by atoms with Crippen molar-refractivity contribution in [2.24, 2.45) is 0 Å². The highest BCUT2D eigenvalue weighted by Crippen LogP contribution is 2.20. The zero-order chi connectivity index (χ0) is 18.4. The summed E-state index contributed by atoms with van der Waals surface area (Å²) >= 11 is 0. The van der Waals surface area contributed by atoms with Crippen LogP contribution in [-0.4, -0.2) is 73.6 Å². The molecule has 4 amide bonds. The maximum Gasteiger partial charge on any atom is 0.387 e. The molecule has 25 heavy (non-hydrogen) atoms. The van der Waals surface area contributed by atoms with Crippen LogP contribution >= 0.6 is 0 Å². The quantitative estimate of drug-likeness (QED) is 0.895. The number of halogens is 2. The number of urea groups is 2. The highest BCUT2D eigenvalue weighted by atomic mass is 19.3. The molecule has 0 aliphatic carbocycles. The van der Waals surface area contributed by atoms with Crippen molar-refractivity contribution in [3.8, 4) is 5.75 Å². The van der Waals surface area contributed by atoms with E-state index in [1.54, 1.807) is 42.1 Å². The summed E-state index contributed by atoms with van der Waals surface area (Å²) in [6, 6.07) is 5.93. The highest BCUT2D eigenvalue weighted by molar-refractivity contribution is 5.76. The molecule has 1 aromatic carbocycles. The van der Waals surface area contributed by atoms with E-state index in [1.807, 2.05) is 0 Å². The van der Waals surface area contributed by atoms with Crippen LogP contribution in [0.2, 0.25) is 0 Å². The van der Waals surface area contributed by atoms with Gasteiger partial charge in [-0.3, -0.25) is 0 Å². The molecule has 0 unspecified atom stereocenters. The fourth-order valence-corrected chi connectivity index (χ4v) is 2.53. The molecule has 0 saturated carbocycles. The van der Waals surface area contributed by atoms with Crippen LogP contribution in [0.3, 0.4) is 0 Å². The van der Waals surface area contributed by atoms with Gasteiger partial charge in [0.25, 0.3) is 0 Å². The summed E-state index contributed by atoms with van der Waals surface area (Å²) in [6.07, 6.45) is 0. The largest absolute Gasteiger partial charge is 0.434 e. The summed E-state index contributed by atoms with van der Waals surface area (Å²) < 4.78 is 29.2. The standard InChI is InChI=1S/C16H22F2N4O3/c1-20(2)16(24)22-9-7-21(8-10-22)15(23)19-11-12-5-3-4-6-13(12)25-14(17)18/h3-6,14H,7-11H2,1-2H3,(H,19,23). The third-order valence-electron chi connectivity index (χ3n) is 3.84. The van der Waals surface area contributed by atoms with Crippen LogP contribution in [0.1, 0.15) is 5.56 Å². The van der Waals surface area contributed by atoms with E-state index in [-0.39, 0.29) is 24.4 Å². The first kappa shape index (κ1) is 18.8. The minimum Gasteiger partial charge on any atom is -0.434 e. The molecule has 1 saturated heterocycles. The Balaban J connectivity index is 1.85. The van der Waals surface area contributed by atoms with Crippen molar-refractivity contribution >= 4 is 12.1 Å². The molecule has 138 valence electrons. The number of carbonyl (C=O) groups is 2. The fourth-order valence-electron chi connectivity index (χ4n) is 2.53. The molecule has 1 aliphatic heterocycles. The Bertz CT molecular complexity index is 605. The minimum absolute atomic E-state index is 0.0409. The maximum atomic E-state index is 12.4. The Morgan fingerprint density at radius 3 is 2.36 bits per heavy atom. The molecule has 0 radical (unpaired) electrons. The number of para-hydroxylation sites is 1. The average Bonchev–Trinajstić information content (AvgIpc) is 2.59. The van der Waals surface area contributed by atoms with E-state index in [4.69, 9.17) is 0 Å². The van der Waals surface area contributed by atoms with Crippen molar-refractivity contribution in [2.75, 3.05) is 40.3 Å². The first-order valence-electron chi connectivity index (χ1n) is 7.90. The summed E-state index contributed by atoms with van der Waals surface area (Å²) in [4.78, 5) is 28.9. The molecule has 1 fully saturated rings. The van der Waals surface area contributed by atoms with E-state index >= 15 is 0 Å². The molecule has 0 aromatic heterocycles. The second kappa shape index (κ2) is 8.50. The van der Waals surface area contributed by atoms with Crippen molar-refractivity contribution in [3.63, 3.8) is 0 Å². The number of nitrogens with one attached hydrogen (secondary N) is 1. The Hall–Kier alpha value is -2.58. The van der Waals surface area contributed by atoms with Crippen LogP contribution in [0.25, 0.3) is 0 Å². The van der Waals surface area contributed by atoms with Gasteiger partial charge >= 0.3 is 18.7 Å². The van der Waals surface area contributed by atoms with Crippen LogP contribution in [0.4, 0.5) is 18.4 Å². The lowest BCUT2D eigenvalue weighted by atomic mass is 10.2. The average molecular weight is 356 g/mol. The zero-order valence-electron chi connectivity index (χ0n) is 14.2. The van der Waals surface area contributed by atoms with Gasteiger partial charge in [0.05, 0.1) is 0 Å². The van der Waals surface area contributed by atoms with E-state index in [9.17, 15) is 18.4 Å². The molecule has 1 aliphatic rings. The molecule has 1 heterocycles. The van der Waals surface area contributed by atoms with Crippen molar-refractivity contribution in [1.29, 1.82) is 0 Å². The van der Waals surface area contributed by atoms with E-state index in [0.717, 1.165) is 0 Å². The number of nitrogens with zero attached hydrogens (tertiary/aromatic N) is 3. The summed E-state index contributed by atoms with van der Waals surface area (Å²) in [5.74, 6) is 0.0409. The third-order valence-corrected chi connectivity index (χ3v) is 3.84. The summed E-state index contributed by atoms with van der Waals surface area (Å²) in [5.41, 5.74) is 0.470. The molecule has 0 spiro atoms. The van der Waals surface area contributed by atoms with Gasteiger partial charge in [0.1, 0.15) is 5.75 Å². The van der Waals surface area contributed by atoms with Crippen molar-refractivity contribution in [1.82, 2.24) is 20.0 Å². The van der Waals surface area contributed by atoms with Crippen LogP contribution in [0.5, 0.6) is 5.75 Å². The number of hydrogen-bond donors (Lipinski definition) is 1. The summed E-state index contributed by atoms with van der Waals surface area (Å²) in [7, 11) is 3.36. The Kier molecular flexibility index (Phi) is 6.37. The maximum absolute atomic E-state index is 12.4. The molecular weight excluding hydrogens is 334 g/mol. The normalized spacial score (nSPS) is 14.4. The monoisotopic (exact) mass is 356 g/mol. The van der Waals surface area contributed by atoms with E-state index in [0.29, 0.717) is 31.7 Å².